The number of rotatable bonds is 7. The second-order valence-electron chi connectivity index (χ2n) is 7.89. The summed E-state index contributed by atoms with van der Waals surface area (Å²) in [6.45, 7) is 3.75. The molecule has 0 spiro atoms. The summed E-state index contributed by atoms with van der Waals surface area (Å²) in [7, 11) is -4.19. The number of hydrogen-bond acceptors (Lipinski definition) is 7. The van der Waals surface area contributed by atoms with E-state index in [1.807, 2.05) is 17.7 Å². The van der Waals surface area contributed by atoms with Crippen LogP contribution in [0.4, 0.5) is 4.39 Å². The Morgan fingerprint density at radius 2 is 1.83 bits per heavy atom. The third kappa shape index (κ3) is 5.92. The van der Waals surface area contributed by atoms with Gasteiger partial charge >= 0.3 is 0 Å². The van der Waals surface area contributed by atoms with Crippen LogP contribution in [-0.4, -0.2) is 25.4 Å². The van der Waals surface area contributed by atoms with Gasteiger partial charge in [-0.25, -0.2) is 22.5 Å². The first-order valence-corrected chi connectivity index (χ1v) is 13.2. The second kappa shape index (κ2) is 10.5. The highest BCUT2D eigenvalue weighted by Crippen LogP contribution is 2.29. The minimum atomic E-state index is -4.19. The molecule has 0 radical (unpaired) electrons. The van der Waals surface area contributed by atoms with Crippen LogP contribution in [0.1, 0.15) is 35.6 Å². The largest absolute Gasteiger partial charge is 0.462 e. The molecule has 1 aliphatic rings. The van der Waals surface area contributed by atoms with Gasteiger partial charge < -0.3 is 9.73 Å². The molecule has 0 aliphatic carbocycles. The van der Waals surface area contributed by atoms with E-state index in [1.54, 1.807) is 31.2 Å². The van der Waals surface area contributed by atoms with E-state index in [2.05, 4.69) is 10.3 Å². The third-order valence-corrected chi connectivity index (χ3v) is 7.49. The quantitative estimate of drug-likeness (QED) is 0.447. The summed E-state index contributed by atoms with van der Waals surface area (Å²) in [6.07, 6.45) is 2.26. The van der Waals surface area contributed by atoms with Gasteiger partial charge in [0, 0.05) is 12.5 Å². The van der Waals surface area contributed by atoms with Crippen molar-refractivity contribution < 1.29 is 26.8 Å². The molecular formula is C25H22FN3O5S2. The maximum atomic E-state index is 13.5. The summed E-state index contributed by atoms with van der Waals surface area (Å²) in [5.41, 5.74) is 1.10. The number of benzene rings is 2. The number of aliphatic imine (C=N–C) groups is 1. The lowest BCUT2D eigenvalue weighted by atomic mass is 10.1. The summed E-state index contributed by atoms with van der Waals surface area (Å²) >= 11 is 0.977. The van der Waals surface area contributed by atoms with Crippen molar-refractivity contribution in [1.82, 2.24) is 10.0 Å². The predicted octanol–water partition coefficient (Wildman–Crippen LogP) is 4.10. The number of furan rings is 1. The lowest BCUT2D eigenvalue weighted by Gasteiger charge is -2.14. The lowest BCUT2D eigenvalue weighted by Crippen LogP contribution is -2.35. The fraction of sp³-hybridized carbons (Fsp3) is 0.160. The molecular weight excluding hydrogens is 505 g/mol. The van der Waals surface area contributed by atoms with Crippen molar-refractivity contribution in [3.8, 4) is 0 Å². The normalized spacial score (nSPS) is 16.8. The minimum absolute atomic E-state index is 0.0886. The van der Waals surface area contributed by atoms with Crippen molar-refractivity contribution in [2.24, 2.45) is 4.99 Å². The van der Waals surface area contributed by atoms with Crippen LogP contribution in [0.15, 0.2) is 79.9 Å². The molecule has 1 fully saturated rings. The molecule has 11 heteroatoms. The highest BCUT2D eigenvalue weighted by atomic mass is 32.2. The molecule has 0 bridgehead atoms. The van der Waals surface area contributed by atoms with Crippen LogP contribution >= 0.6 is 11.8 Å². The molecule has 1 atom stereocenters. The maximum absolute atomic E-state index is 13.5. The standard InChI is InChI=1S/C25H22FN3O5S2/c1-3-18-10-11-19(34-18)14-21-23(30)28-25(35-21)27-22(16-6-8-17(26)9-7-16)24(31)29-36(32,33)20-12-4-15(2)5-13-20/h4-14,22H,3H2,1-2H3,(H,29,31)(H,27,28,30)/b21-14-/t22-/m0/s1. The Morgan fingerprint density at radius 3 is 2.47 bits per heavy atom. The fourth-order valence-corrected chi connectivity index (χ4v) is 5.11. The first kappa shape index (κ1) is 25.4. The van der Waals surface area contributed by atoms with Crippen LogP contribution in [0.25, 0.3) is 6.08 Å². The van der Waals surface area contributed by atoms with E-state index >= 15 is 0 Å². The number of amides is 2. The van der Waals surface area contributed by atoms with Crippen molar-refractivity contribution in [3.05, 3.63) is 94.0 Å². The van der Waals surface area contributed by atoms with Crippen molar-refractivity contribution in [2.75, 3.05) is 0 Å². The van der Waals surface area contributed by atoms with E-state index in [9.17, 15) is 22.4 Å². The molecule has 8 nitrogen and oxygen atoms in total. The predicted molar refractivity (Wildman–Crippen MR) is 135 cm³/mol. The average molecular weight is 528 g/mol. The highest BCUT2D eigenvalue weighted by Gasteiger charge is 2.30. The molecule has 4 rings (SSSR count). The zero-order valence-electron chi connectivity index (χ0n) is 19.3. The van der Waals surface area contributed by atoms with Crippen molar-refractivity contribution in [1.29, 1.82) is 0 Å². The Kier molecular flexibility index (Phi) is 7.41. The molecule has 0 unspecified atom stereocenters. The molecule has 1 aliphatic heterocycles. The number of nitrogens with one attached hydrogen (secondary N) is 2. The van der Waals surface area contributed by atoms with Gasteiger partial charge in [-0.2, -0.15) is 0 Å². The average Bonchev–Trinajstić information content (AvgIpc) is 3.44. The first-order valence-electron chi connectivity index (χ1n) is 10.9. The van der Waals surface area contributed by atoms with E-state index in [0.29, 0.717) is 12.2 Å². The van der Waals surface area contributed by atoms with E-state index in [0.717, 1.165) is 35.2 Å². The van der Waals surface area contributed by atoms with E-state index in [4.69, 9.17) is 4.42 Å². The van der Waals surface area contributed by atoms with Crippen LogP contribution in [0.2, 0.25) is 0 Å². The number of carbonyl (C=O) groups excluding carboxylic acids is 2. The molecule has 0 saturated carbocycles. The maximum Gasteiger partial charge on any atom is 0.264 e. The number of nitrogens with zero attached hydrogens (tertiary/aromatic N) is 1. The number of thioether (sulfide) groups is 1. The summed E-state index contributed by atoms with van der Waals surface area (Å²) in [4.78, 5) is 30.1. The van der Waals surface area contributed by atoms with Gasteiger partial charge in [0.05, 0.1) is 9.80 Å². The molecule has 186 valence electrons. The van der Waals surface area contributed by atoms with E-state index in [-0.39, 0.29) is 20.5 Å². The lowest BCUT2D eigenvalue weighted by molar-refractivity contribution is -0.120. The highest BCUT2D eigenvalue weighted by molar-refractivity contribution is 8.18. The number of carbonyl (C=O) groups is 2. The Labute approximate surface area is 211 Å². The number of amidine groups is 1. The zero-order chi connectivity index (χ0) is 25.9. The molecule has 2 heterocycles. The van der Waals surface area contributed by atoms with Crippen molar-refractivity contribution in [2.45, 2.75) is 31.2 Å². The topological polar surface area (TPSA) is 118 Å². The number of sulfonamides is 1. The summed E-state index contributed by atoms with van der Waals surface area (Å²) < 4.78 is 46.7. The van der Waals surface area contributed by atoms with Crippen molar-refractivity contribution >= 4 is 44.8 Å². The second-order valence-corrected chi connectivity index (χ2v) is 10.6. The smallest absolute Gasteiger partial charge is 0.264 e. The number of halogens is 1. The molecule has 1 aromatic heterocycles. The first-order chi connectivity index (χ1) is 17.1. The zero-order valence-corrected chi connectivity index (χ0v) is 21.0. The van der Waals surface area contributed by atoms with Crippen molar-refractivity contribution in [3.63, 3.8) is 0 Å². The Hall–Kier alpha value is -3.70. The summed E-state index contributed by atoms with van der Waals surface area (Å²) in [6, 6.07) is 13.1. The molecule has 2 N–H and O–H groups in total. The number of hydrogen-bond donors (Lipinski definition) is 2. The van der Waals surface area contributed by atoms with Gasteiger partial charge in [-0.1, -0.05) is 36.8 Å². The van der Waals surface area contributed by atoms with Gasteiger partial charge in [-0.3, -0.25) is 9.59 Å². The molecule has 3 aromatic rings. The van der Waals surface area contributed by atoms with E-state index in [1.165, 1.54) is 24.3 Å². The van der Waals surface area contributed by atoms with Gasteiger partial charge in [0.15, 0.2) is 11.2 Å². The fourth-order valence-electron chi connectivity index (χ4n) is 3.29. The summed E-state index contributed by atoms with van der Waals surface area (Å²) in [5.74, 6) is -0.680. The van der Waals surface area contributed by atoms with Crippen LogP contribution in [0.5, 0.6) is 0 Å². The van der Waals surface area contributed by atoms with Gasteiger partial charge in [-0.15, -0.1) is 0 Å². The molecule has 2 aromatic carbocycles. The molecule has 1 saturated heterocycles. The van der Waals surface area contributed by atoms with Crippen LogP contribution in [0, 0.1) is 12.7 Å². The summed E-state index contributed by atoms with van der Waals surface area (Å²) in [5, 5.41) is 2.66. The van der Waals surface area contributed by atoms with Gasteiger partial charge in [-0.05, 0) is 60.6 Å². The molecule has 36 heavy (non-hydrogen) atoms. The van der Waals surface area contributed by atoms with Crippen LogP contribution in [-0.2, 0) is 26.0 Å². The van der Waals surface area contributed by atoms with Gasteiger partial charge in [0.2, 0.25) is 0 Å². The third-order valence-electron chi connectivity index (χ3n) is 5.20. The Morgan fingerprint density at radius 1 is 1.14 bits per heavy atom. The molecule has 2 amide bonds. The SMILES string of the molecule is CCc1ccc(/C=C2\SC(=N[C@H](C(=O)NS(=O)(=O)c3ccc(C)cc3)c3ccc(F)cc3)NC2=O)o1. The Bertz CT molecular complexity index is 1460. The number of aryl methyl sites for hydroxylation is 2. The van der Waals surface area contributed by atoms with Crippen LogP contribution in [0.3, 0.4) is 0 Å². The monoisotopic (exact) mass is 527 g/mol. The minimum Gasteiger partial charge on any atom is -0.462 e. The Balaban J connectivity index is 1.62. The van der Waals surface area contributed by atoms with Gasteiger partial charge in [0.25, 0.3) is 21.8 Å². The van der Waals surface area contributed by atoms with E-state index < -0.39 is 33.7 Å². The van der Waals surface area contributed by atoms with Crippen LogP contribution < -0.4 is 10.0 Å². The van der Waals surface area contributed by atoms with Gasteiger partial charge in [0.1, 0.15) is 17.3 Å².